The molecule has 0 atom stereocenters. The summed E-state index contributed by atoms with van der Waals surface area (Å²) in [5.41, 5.74) is 3.18. The molecule has 27 heavy (non-hydrogen) atoms. The predicted octanol–water partition coefficient (Wildman–Crippen LogP) is 4.14. The van der Waals surface area contributed by atoms with Gasteiger partial charge in [-0.2, -0.15) is 0 Å². The topological polar surface area (TPSA) is 56.1 Å². The fourth-order valence-corrected chi connectivity index (χ4v) is 4.65. The second kappa shape index (κ2) is 5.59. The van der Waals surface area contributed by atoms with Gasteiger partial charge >= 0.3 is 0 Å². The number of ketones is 2. The summed E-state index contributed by atoms with van der Waals surface area (Å²) in [6, 6.07) is 17.7. The van der Waals surface area contributed by atoms with Crippen molar-refractivity contribution in [2.24, 2.45) is 0 Å². The highest BCUT2D eigenvalue weighted by Crippen LogP contribution is 2.34. The van der Waals surface area contributed by atoms with Gasteiger partial charge in [0.2, 0.25) is 0 Å². The highest BCUT2D eigenvalue weighted by molar-refractivity contribution is 7.14. The summed E-state index contributed by atoms with van der Waals surface area (Å²) in [5, 5.41) is 0.458. The van der Waals surface area contributed by atoms with Crippen LogP contribution in [0.5, 0.6) is 0 Å². The fourth-order valence-electron chi connectivity index (χ4n) is 3.51. The molecule has 0 N–H and O–H groups in total. The van der Waals surface area contributed by atoms with E-state index in [1.165, 1.54) is 11.5 Å². The molecule has 130 valence electrons. The van der Waals surface area contributed by atoms with E-state index in [1.807, 2.05) is 31.2 Å². The van der Waals surface area contributed by atoms with E-state index in [-0.39, 0.29) is 17.1 Å². The standard InChI is InChI=1S/C22H13NO3S/c1-12-6-8-13(9-7-12)23-22(26)17-11-10-16-18(21(17)27-23)20(25)15-5-3-2-4-14(15)19(16)24/h2-11H,1H3. The highest BCUT2D eigenvalue weighted by atomic mass is 32.1. The maximum atomic E-state index is 13.1. The number of aromatic nitrogens is 1. The molecule has 0 saturated carbocycles. The number of carbonyl (C=O) groups excluding carboxylic acids is 2. The molecule has 4 aromatic rings. The third-order valence-electron chi connectivity index (χ3n) is 4.91. The molecule has 4 nitrogen and oxygen atoms in total. The van der Waals surface area contributed by atoms with E-state index in [4.69, 9.17) is 0 Å². The summed E-state index contributed by atoms with van der Waals surface area (Å²) < 4.78 is 2.13. The van der Waals surface area contributed by atoms with E-state index in [2.05, 4.69) is 0 Å². The molecule has 0 fully saturated rings. The molecule has 1 aromatic heterocycles. The first-order valence-electron chi connectivity index (χ1n) is 8.51. The van der Waals surface area contributed by atoms with Crippen LogP contribution in [0.3, 0.4) is 0 Å². The van der Waals surface area contributed by atoms with Gasteiger partial charge in [0.1, 0.15) is 0 Å². The zero-order valence-electron chi connectivity index (χ0n) is 14.4. The molecule has 0 bridgehead atoms. The van der Waals surface area contributed by atoms with Crippen LogP contribution in [0.4, 0.5) is 0 Å². The quantitative estimate of drug-likeness (QED) is 0.445. The van der Waals surface area contributed by atoms with Crippen LogP contribution < -0.4 is 5.56 Å². The van der Waals surface area contributed by atoms with Gasteiger partial charge in [-0.05, 0) is 42.7 Å². The van der Waals surface area contributed by atoms with Crippen LogP contribution in [0.1, 0.15) is 37.4 Å². The van der Waals surface area contributed by atoms with Crippen molar-refractivity contribution in [1.29, 1.82) is 0 Å². The lowest BCUT2D eigenvalue weighted by Crippen LogP contribution is -2.21. The van der Waals surface area contributed by atoms with Crippen LogP contribution in [0.2, 0.25) is 0 Å². The molecule has 0 aliphatic heterocycles. The molecule has 0 saturated heterocycles. The lowest BCUT2D eigenvalue weighted by atomic mass is 9.84. The Bertz CT molecular complexity index is 1330. The van der Waals surface area contributed by atoms with Crippen LogP contribution in [0.25, 0.3) is 15.8 Å². The second-order valence-electron chi connectivity index (χ2n) is 6.60. The maximum Gasteiger partial charge on any atom is 0.273 e. The molecule has 0 spiro atoms. The van der Waals surface area contributed by atoms with Crippen LogP contribution in [0, 0.1) is 6.92 Å². The first-order chi connectivity index (χ1) is 13.1. The summed E-state index contributed by atoms with van der Waals surface area (Å²) in [4.78, 5) is 38.9. The van der Waals surface area contributed by atoms with Gasteiger partial charge in [-0.3, -0.25) is 14.4 Å². The van der Waals surface area contributed by atoms with E-state index in [1.54, 1.807) is 40.4 Å². The Balaban J connectivity index is 1.81. The average molecular weight is 371 g/mol. The van der Waals surface area contributed by atoms with Gasteiger partial charge in [0.25, 0.3) is 5.56 Å². The van der Waals surface area contributed by atoms with Crippen LogP contribution in [-0.2, 0) is 0 Å². The summed E-state index contributed by atoms with van der Waals surface area (Å²) >= 11 is 1.21. The molecular weight excluding hydrogens is 358 g/mol. The Hall–Kier alpha value is -3.31. The monoisotopic (exact) mass is 371 g/mol. The fraction of sp³-hybridized carbons (Fsp3) is 0.0455. The van der Waals surface area contributed by atoms with Gasteiger partial charge in [0, 0.05) is 16.7 Å². The minimum Gasteiger partial charge on any atom is -0.289 e. The Morgan fingerprint density at radius 3 is 2.11 bits per heavy atom. The molecule has 0 amide bonds. The number of benzene rings is 3. The summed E-state index contributed by atoms with van der Waals surface area (Å²) in [5.74, 6) is -0.382. The third-order valence-corrected chi connectivity index (χ3v) is 6.08. The van der Waals surface area contributed by atoms with E-state index in [0.29, 0.717) is 32.3 Å². The van der Waals surface area contributed by atoms with E-state index < -0.39 is 0 Å². The smallest absolute Gasteiger partial charge is 0.273 e. The van der Waals surface area contributed by atoms with Crippen molar-refractivity contribution in [2.75, 3.05) is 0 Å². The lowest BCUT2D eigenvalue weighted by molar-refractivity contribution is 0.0980. The normalized spacial score (nSPS) is 12.9. The molecular formula is C22H13NO3S. The highest BCUT2D eigenvalue weighted by Gasteiger charge is 2.32. The number of fused-ring (bicyclic) bond motifs is 4. The third kappa shape index (κ3) is 2.18. The molecule has 1 aliphatic carbocycles. The van der Waals surface area contributed by atoms with Crippen molar-refractivity contribution >= 4 is 33.2 Å². The van der Waals surface area contributed by atoms with E-state index in [0.717, 1.165) is 11.3 Å². The molecule has 5 heteroatoms. The van der Waals surface area contributed by atoms with Gasteiger partial charge in [0.15, 0.2) is 11.6 Å². The second-order valence-corrected chi connectivity index (χ2v) is 7.55. The number of nitrogens with zero attached hydrogens (tertiary/aromatic N) is 1. The minimum atomic E-state index is -0.205. The van der Waals surface area contributed by atoms with Crippen molar-refractivity contribution in [3.63, 3.8) is 0 Å². The Kier molecular flexibility index (Phi) is 3.29. The molecule has 0 unspecified atom stereocenters. The Labute approximate surface area is 158 Å². The van der Waals surface area contributed by atoms with Crippen LogP contribution in [-0.4, -0.2) is 15.5 Å². The molecule has 1 aliphatic rings. The number of hydrogen-bond donors (Lipinski definition) is 0. The van der Waals surface area contributed by atoms with Gasteiger partial charge in [-0.25, -0.2) is 3.96 Å². The SMILES string of the molecule is Cc1ccc(-n2sc3c4c(ccc3c2=O)C(=O)c2ccccc2C4=O)cc1. The van der Waals surface area contributed by atoms with Crippen LogP contribution >= 0.6 is 11.5 Å². The number of hydrogen-bond acceptors (Lipinski definition) is 4. The average Bonchev–Trinajstić information content (AvgIpc) is 3.03. The van der Waals surface area contributed by atoms with E-state index in [9.17, 15) is 14.4 Å². The summed E-state index contributed by atoms with van der Waals surface area (Å²) in [6.07, 6.45) is 0. The largest absolute Gasteiger partial charge is 0.289 e. The van der Waals surface area contributed by atoms with Gasteiger partial charge in [-0.15, -0.1) is 0 Å². The number of rotatable bonds is 1. The van der Waals surface area contributed by atoms with E-state index >= 15 is 0 Å². The predicted molar refractivity (Wildman–Crippen MR) is 105 cm³/mol. The summed E-state index contributed by atoms with van der Waals surface area (Å²) in [7, 11) is 0. The van der Waals surface area contributed by atoms with Gasteiger partial charge in [-0.1, -0.05) is 42.0 Å². The molecule has 0 radical (unpaired) electrons. The van der Waals surface area contributed by atoms with Gasteiger partial charge in [0.05, 0.1) is 21.3 Å². The van der Waals surface area contributed by atoms with Gasteiger partial charge < -0.3 is 0 Å². The molecule has 5 rings (SSSR count). The number of aryl methyl sites for hydroxylation is 1. The van der Waals surface area contributed by atoms with Crippen molar-refractivity contribution < 1.29 is 9.59 Å². The zero-order chi connectivity index (χ0) is 18.7. The summed E-state index contributed by atoms with van der Waals surface area (Å²) in [6.45, 7) is 1.98. The Morgan fingerprint density at radius 1 is 0.741 bits per heavy atom. The first kappa shape index (κ1) is 15.9. The first-order valence-corrected chi connectivity index (χ1v) is 9.28. The minimum absolute atomic E-state index is 0.176. The van der Waals surface area contributed by atoms with Crippen molar-refractivity contribution in [2.45, 2.75) is 6.92 Å². The number of carbonyl (C=O) groups is 2. The molecule has 3 aromatic carbocycles. The Morgan fingerprint density at radius 2 is 1.41 bits per heavy atom. The van der Waals surface area contributed by atoms with Crippen molar-refractivity contribution in [3.05, 3.63) is 98.8 Å². The maximum absolute atomic E-state index is 13.1. The zero-order valence-corrected chi connectivity index (χ0v) is 15.2. The van der Waals surface area contributed by atoms with Crippen molar-refractivity contribution in [1.82, 2.24) is 3.96 Å². The van der Waals surface area contributed by atoms with Crippen molar-refractivity contribution in [3.8, 4) is 5.69 Å². The molecule has 1 heterocycles. The van der Waals surface area contributed by atoms with Crippen LogP contribution in [0.15, 0.2) is 65.5 Å². The lowest BCUT2D eigenvalue weighted by Gasteiger charge is -2.17.